The molecule has 5 heteroatoms. The molecule has 1 heterocycles. The van der Waals surface area contributed by atoms with Gasteiger partial charge in [0.2, 0.25) is 11.8 Å². The third-order valence-corrected chi connectivity index (χ3v) is 3.67. The SMILES string of the molecule is COc1ccc(CNC(=O)CC(=O)N2CCCCC2)cc1. The minimum atomic E-state index is -0.221. The Bertz CT molecular complexity index is 479. The summed E-state index contributed by atoms with van der Waals surface area (Å²) < 4.78 is 5.08. The molecule has 1 aromatic rings. The van der Waals surface area contributed by atoms with Crippen molar-refractivity contribution in [1.82, 2.24) is 10.2 Å². The number of amides is 2. The summed E-state index contributed by atoms with van der Waals surface area (Å²) in [5.74, 6) is 0.494. The van der Waals surface area contributed by atoms with E-state index in [1.807, 2.05) is 24.3 Å². The van der Waals surface area contributed by atoms with Crippen molar-refractivity contribution in [2.24, 2.45) is 0 Å². The molecule has 0 saturated carbocycles. The summed E-state index contributed by atoms with van der Waals surface area (Å²) in [7, 11) is 1.61. The van der Waals surface area contributed by atoms with Crippen LogP contribution in [-0.2, 0) is 16.1 Å². The summed E-state index contributed by atoms with van der Waals surface area (Å²) in [6.45, 7) is 1.99. The molecular weight excluding hydrogens is 268 g/mol. The lowest BCUT2D eigenvalue weighted by molar-refractivity contribution is -0.136. The van der Waals surface area contributed by atoms with Crippen molar-refractivity contribution in [2.45, 2.75) is 32.2 Å². The Labute approximate surface area is 125 Å². The van der Waals surface area contributed by atoms with E-state index < -0.39 is 0 Å². The van der Waals surface area contributed by atoms with Gasteiger partial charge in [-0.1, -0.05) is 12.1 Å². The predicted octanol–water partition coefficient (Wildman–Crippen LogP) is 1.71. The average molecular weight is 290 g/mol. The standard InChI is InChI=1S/C16H22N2O3/c1-21-14-7-5-13(6-8-14)12-17-15(19)11-16(20)18-9-3-2-4-10-18/h5-8H,2-4,9-12H2,1H3,(H,17,19). The van der Waals surface area contributed by atoms with E-state index >= 15 is 0 Å². The second-order valence-corrected chi connectivity index (χ2v) is 5.24. The van der Waals surface area contributed by atoms with E-state index in [0.717, 1.165) is 37.2 Å². The minimum Gasteiger partial charge on any atom is -0.497 e. The van der Waals surface area contributed by atoms with E-state index in [2.05, 4.69) is 5.32 Å². The van der Waals surface area contributed by atoms with Gasteiger partial charge in [-0.25, -0.2) is 0 Å². The van der Waals surface area contributed by atoms with Crippen LogP contribution in [-0.4, -0.2) is 36.9 Å². The molecule has 1 aliphatic heterocycles. The number of hydrogen-bond acceptors (Lipinski definition) is 3. The van der Waals surface area contributed by atoms with Gasteiger partial charge in [-0.3, -0.25) is 9.59 Å². The molecule has 0 aromatic heterocycles. The van der Waals surface area contributed by atoms with Crippen LogP contribution in [0.2, 0.25) is 0 Å². The molecule has 2 amide bonds. The third-order valence-electron chi connectivity index (χ3n) is 3.67. The Kier molecular flexibility index (Phi) is 5.60. The van der Waals surface area contributed by atoms with Crippen LogP contribution in [0.5, 0.6) is 5.75 Å². The number of nitrogens with zero attached hydrogens (tertiary/aromatic N) is 1. The number of rotatable bonds is 5. The smallest absolute Gasteiger partial charge is 0.232 e. The van der Waals surface area contributed by atoms with Gasteiger partial charge in [-0.15, -0.1) is 0 Å². The lowest BCUT2D eigenvalue weighted by Gasteiger charge is -2.26. The fourth-order valence-electron chi connectivity index (χ4n) is 2.40. The highest BCUT2D eigenvalue weighted by Crippen LogP contribution is 2.11. The van der Waals surface area contributed by atoms with Crippen molar-refractivity contribution >= 4 is 11.8 Å². The summed E-state index contributed by atoms with van der Waals surface area (Å²) in [5, 5.41) is 2.78. The lowest BCUT2D eigenvalue weighted by Crippen LogP contribution is -2.38. The molecule has 5 nitrogen and oxygen atoms in total. The molecule has 0 radical (unpaired) electrons. The third kappa shape index (κ3) is 4.77. The van der Waals surface area contributed by atoms with Crippen molar-refractivity contribution in [3.05, 3.63) is 29.8 Å². The molecular formula is C16H22N2O3. The number of methoxy groups -OCH3 is 1. The zero-order valence-electron chi connectivity index (χ0n) is 12.4. The molecule has 21 heavy (non-hydrogen) atoms. The van der Waals surface area contributed by atoms with Crippen molar-refractivity contribution < 1.29 is 14.3 Å². The molecule has 0 atom stereocenters. The Morgan fingerprint density at radius 1 is 1.14 bits per heavy atom. The zero-order chi connectivity index (χ0) is 15.1. The topological polar surface area (TPSA) is 58.6 Å². The van der Waals surface area contributed by atoms with E-state index in [0.29, 0.717) is 6.54 Å². The van der Waals surface area contributed by atoms with E-state index in [9.17, 15) is 9.59 Å². The van der Waals surface area contributed by atoms with Gasteiger partial charge in [0.05, 0.1) is 7.11 Å². The maximum atomic E-state index is 12.0. The molecule has 0 unspecified atom stereocenters. The van der Waals surface area contributed by atoms with Crippen LogP contribution in [0, 0.1) is 0 Å². The van der Waals surface area contributed by atoms with Crippen LogP contribution in [0.1, 0.15) is 31.2 Å². The van der Waals surface area contributed by atoms with Crippen molar-refractivity contribution in [3.8, 4) is 5.75 Å². The first-order chi connectivity index (χ1) is 10.2. The normalized spacial score (nSPS) is 14.6. The Balaban J connectivity index is 1.74. The molecule has 0 bridgehead atoms. The number of piperidine rings is 1. The second kappa shape index (κ2) is 7.67. The molecule has 2 rings (SSSR count). The van der Waals surface area contributed by atoms with E-state index in [4.69, 9.17) is 4.74 Å². The van der Waals surface area contributed by atoms with Gasteiger partial charge in [0.15, 0.2) is 0 Å². The number of carbonyl (C=O) groups is 2. The Hall–Kier alpha value is -2.04. The molecule has 1 N–H and O–H groups in total. The fraction of sp³-hybridized carbons (Fsp3) is 0.500. The summed E-state index contributed by atoms with van der Waals surface area (Å²) >= 11 is 0. The first-order valence-electron chi connectivity index (χ1n) is 7.36. The van der Waals surface area contributed by atoms with Gasteiger partial charge in [-0.05, 0) is 37.0 Å². The second-order valence-electron chi connectivity index (χ2n) is 5.24. The van der Waals surface area contributed by atoms with E-state index in [-0.39, 0.29) is 18.2 Å². The number of carbonyl (C=O) groups excluding carboxylic acids is 2. The van der Waals surface area contributed by atoms with Gasteiger partial charge in [0.1, 0.15) is 12.2 Å². The van der Waals surface area contributed by atoms with Gasteiger partial charge < -0.3 is 15.0 Å². The summed E-state index contributed by atoms with van der Waals surface area (Å²) in [4.78, 5) is 25.5. The number of ether oxygens (including phenoxy) is 1. The summed E-state index contributed by atoms with van der Waals surface area (Å²) in [5.41, 5.74) is 0.981. The van der Waals surface area contributed by atoms with Crippen molar-refractivity contribution in [3.63, 3.8) is 0 Å². The van der Waals surface area contributed by atoms with Crippen LogP contribution in [0.25, 0.3) is 0 Å². The van der Waals surface area contributed by atoms with E-state index in [1.54, 1.807) is 12.0 Å². The highest BCUT2D eigenvalue weighted by Gasteiger charge is 2.18. The van der Waals surface area contributed by atoms with Crippen LogP contribution in [0.4, 0.5) is 0 Å². The highest BCUT2D eigenvalue weighted by molar-refractivity contribution is 5.96. The van der Waals surface area contributed by atoms with Crippen LogP contribution >= 0.6 is 0 Å². The molecule has 1 saturated heterocycles. The van der Waals surface area contributed by atoms with Crippen molar-refractivity contribution in [2.75, 3.05) is 20.2 Å². The van der Waals surface area contributed by atoms with Gasteiger partial charge >= 0.3 is 0 Å². The molecule has 114 valence electrons. The maximum absolute atomic E-state index is 12.0. The summed E-state index contributed by atoms with van der Waals surface area (Å²) in [6.07, 6.45) is 3.20. The largest absolute Gasteiger partial charge is 0.497 e. The molecule has 0 spiro atoms. The fourth-order valence-corrected chi connectivity index (χ4v) is 2.40. The molecule has 1 aliphatic rings. The minimum absolute atomic E-state index is 0.0594. The number of nitrogens with one attached hydrogen (secondary N) is 1. The average Bonchev–Trinajstić information content (AvgIpc) is 2.54. The quantitative estimate of drug-likeness (QED) is 0.840. The number of benzene rings is 1. The molecule has 1 fully saturated rings. The molecule has 1 aromatic carbocycles. The number of hydrogen-bond donors (Lipinski definition) is 1. The first kappa shape index (κ1) is 15.4. The van der Waals surface area contributed by atoms with Gasteiger partial charge in [0, 0.05) is 19.6 Å². The van der Waals surface area contributed by atoms with Crippen molar-refractivity contribution in [1.29, 1.82) is 0 Å². The predicted molar refractivity (Wildman–Crippen MR) is 79.9 cm³/mol. The summed E-state index contributed by atoms with van der Waals surface area (Å²) in [6, 6.07) is 7.48. The first-order valence-corrected chi connectivity index (χ1v) is 7.36. The monoisotopic (exact) mass is 290 g/mol. The maximum Gasteiger partial charge on any atom is 0.232 e. The van der Waals surface area contributed by atoms with Gasteiger partial charge in [0.25, 0.3) is 0 Å². The van der Waals surface area contributed by atoms with Gasteiger partial charge in [-0.2, -0.15) is 0 Å². The van der Waals surface area contributed by atoms with Crippen LogP contribution in [0.15, 0.2) is 24.3 Å². The van der Waals surface area contributed by atoms with Crippen LogP contribution in [0.3, 0.4) is 0 Å². The lowest BCUT2D eigenvalue weighted by atomic mass is 10.1. The molecule has 0 aliphatic carbocycles. The Morgan fingerprint density at radius 3 is 2.43 bits per heavy atom. The zero-order valence-corrected chi connectivity index (χ0v) is 12.4. The Morgan fingerprint density at radius 2 is 1.81 bits per heavy atom. The number of likely N-dealkylation sites (tertiary alicyclic amines) is 1. The van der Waals surface area contributed by atoms with Crippen LogP contribution < -0.4 is 10.1 Å². The highest BCUT2D eigenvalue weighted by atomic mass is 16.5. The van der Waals surface area contributed by atoms with E-state index in [1.165, 1.54) is 6.42 Å².